The molecular weight excluding hydrogens is 287 g/mol. The summed E-state index contributed by atoms with van der Waals surface area (Å²) in [5.74, 6) is -0.352. The molecule has 0 amide bonds. The molecule has 1 heterocycles. The first-order valence-corrected chi connectivity index (χ1v) is 7.64. The SMILES string of the molecule is CCNC(Cc1ccc(CC)cn1)c1cccc(Cl)c1F. The molecule has 21 heavy (non-hydrogen) atoms. The molecule has 0 radical (unpaired) electrons. The Bertz CT molecular complexity index is 584. The molecule has 112 valence electrons. The monoisotopic (exact) mass is 306 g/mol. The van der Waals surface area contributed by atoms with E-state index in [1.165, 1.54) is 5.56 Å². The van der Waals surface area contributed by atoms with Gasteiger partial charge in [0.2, 0.25) is 0 Å². The predicted molar refractivity (Wildman–Crippen MR) is 85.1 cm³/mol. The standard InChI is InChI=1S/C17H20ClFN2/c1-3-12-8-9-13(21-11-12)10-16(20-4-2)14-6-5-7-15(18)17(14)19/h5-9,11,16,20H,3-4,10H2,1-2H3. The van der Waals surface area contributed by atoms with Crippen LogP contribution in [0.3, 0.4) is 0 Å². The highest BCUT2D eigenvalue weighted by atomic mass is 35.5. The van der Waals surface area contributed by atoms with Crippen molar-refractivity contribution >= 4 is 11.6 Å². The quantitative estimate of drug-likeness (QED) is 0.859. The molecule has 2 nitrogen and oxygen atoms in total. The second kappa shape index (κ2) is 7.53. The second-order valence-corrected chi connectivity index (χ2v) is 5.38. The maximum atomic E-state index is 14.2. The average molecular weight is 307 g/mol. The third-order valence-electron chi connectivity index (χ3n) is 3.51. The van der Waals surface area contributed by atoms with Crippen LogP contribution < -0.4 is 5.32 Å². The van der Waals surface area contributed by atoms with E-state index in [0.717, 1.165) is 18.7 Å². The molecule has 1 N–H and O–H groups in total. The number of rotatable bonds is 6. The van der Waals surface area contributed by atoms with Crippen LogP contribution in [0.4, 0.5) is 4.39 Å². The zero-order chi connectivity index (χ0) is 15.2. The number of pyridine rings is 1. The van der Waals surface area contributed by atoms with E-state index in [1.807, 2.05) is 19.2 Å². The van der Waals surface area contributed by atoms with Gasteiger partial charge in [0.1, 0.15) is 5.82 Å². The Hall–Kier alpha value is -1.45. The molecule has 1 atom stereocenters. The molecule has 1 unspecified atom stereocenters. The lowest BCUT2D eigenvalue weighted by Crippen LogP contribution is -2.24. The summed E-state index contributed by atoms with van der Waals surface area (Å²) in [6.07, 6.45) is 3.48. The summed E-state index contributed by atoms with van der Waals surface area (Å²) in [7, 11) is 0. The molecule has 0 spiro atoms. The fourth-order valence-corrected chi connectivity index (χ4v) is 2.50. The summed E-state index contributed by atoms with van der Waals surface area (Å²) in [5.41, 5.74) is 2.73. The zero-order valence-electron chi connectivity index (χ0n) is 12.4. The highest BCUT2D eigenvalue weighted by Crippen LogP contribution is 2.25. The maximum Gasteiger partial charge on any atom is 0.146 e. The van der Waals surface area contributed by atoms with Gasteiger partial charge in [-0.2, -0.15) is 0 Å². The van der Waals surface area contributed by atoms with Crippen molar-refractivity contribution in [2.75, 3.05) is 6.54 Å². The first kappa shape index (κ1) is 15.9. The lowest BCUT2D eigenvalue weighted by Gasteiger charge is -2.19. The van der Waals surface area contributed by atoms with Gasteiger partial charge in [0.25, 0.3) is 0 Å². The van der Waals surface area contributed by atoms with Crippen LogP contribution in [0.15, 0.2) is 36.5 Å². The molecule has 0 fully saturated rings. The minimum absolute atomic E-state index is 0.131. The normalized spacial score (nSPS) is 12.4. The van der Waals surface area contributed by atoms with Gasteiger partial charge in [0.15, 0.2) is 0 Å². The number of nitrogens with one attached hydrogen (secondary N) is 1. The number of benzene rings is 1. The summed E-state index contributed by atoms with van der Waals surface area (Å²) < 4.78 is 14.2. The number of hydrogen-bond donors (Lipinski definition) is 1. The topological polar surface area (TPSA) is 24.9 Å². The van der Waals surface area contributed by atoms with Gasteiger partial charge in [-0.1, -0.05) is 43.6 Å². The minimum atomic E-state index is -0.352. The van der Waals surface area contributed by atoms with Gasteiger partial charge in [0, 0.05) is 29.9 Å². The summed E-state index contributed by atoms with van der Waals surface area (Å²) in [6.45, 7) is 4.85. The molecule has 1 aromatic heterocycles. The second-order valence-electron chi connectivity index (χ2n) is 4.97. The van der Waals surface area contributed by atoms with Crippen LogP contribution in [0.5, 0.6) is 0 Å². The lowest BCUT2D eigenvalue weighted by molar-refractivity contribution is 0.506. The highest BCUT2D eigenvalue weighted by molar-refractivity contribution is 6.30. The first-order chi connectivity index (χ1) is 10.2. The van der Waals surface area contributed by atoms with E-state index >= 15 is 0 Å². The number of likely N-dealkylation sites (N-methyl/N-ethyl adjacent to an activating group) is 1. The fraction of sp³-hybridized carbons (Fsp3) is 0.353. The van der Waals surface area contributed by atoms with Crippen molar-refractivity contribution < 1.29 is 4.39 Å². The van der Waals surface area contributed by atoms with Crippen LogP contribution in [-0.2, 0) is 12.8 Å². The van der Waals surface area contributed by atoms with Gasteiger partial charge in [-0.05, 0) is 30.7 Å². The van der Waals surface area contributed by atoms with Crippen molar-refractivity contribution in [3.63, 3.8) is 0 Å². The zero-order valence-corrected chi connectivity index (χ0v) is 13.1. The molecule has 2 aromatic rings. The Kier molecular flexibility index (Phi) is 5.71. The predicted octanol–water partition coefficient (Wildman–Crippen LogP) is 4.33. The molecule has 4 heteroatoms. The van der Waals surface area contributed by atoms with Gasteiger partial charge in [-0.15, -0.1) is 0 Å². The Balaban J connectivity index is 2.24. The molecule has 0 saturated carbocycles. The molecule has 0 saturated heterocycles. The van der Waals surface area contributed by atoms with Crippen LogP contribution >= 0.6 is 11.6 Å². The summed E-state index contributed by atoms with van der Waals surface area (Å²) in [5, 5.41) is 3.46. The minimum Gasteiger partial charge on any atom is -0.310 e. The first-order valence-electron chi connectivity index (χ1n) is 7.26. The molecule has 0 aliphatic heterocycles. The van der Waals surface area contributed by atoms with E-state index in [9.17, 15) is 4.39 Å². The maximum absolute atomic E-state index is 14.2. The molecule has 2 rings (SSSR count). The van der Waals surface area contributed by atoms with E-state index in [0.29, 0.717) is 12.0 Å². The van der Waals surface area contributed by atoms with E-state index in [-0.39, 0.29) is 16.9 Å². The van der Waals surface area contributed by atoms with Crippen molar-refractivity contribution in [1.29, 1.82) is 0 Å². The summed E-state index contributed by atoms with van der Waals surface area (Å²) in [6, 6.07) is 9.06. The van der Waals surface area contributed by atoms with Crippen LogP contribution in [0.25, 0.3) is 0 Å². The van der Waals surface area contributed by atoms with Crippen LogP contribution in [0.2, 0.25) is 5.02 Å². The van der Waals surface area contributed by atoms with Crippen molar-refractivity contribution in [3.8, 4) is 0 Å². The van der Waals surface area contributed by atoms with Gasteiger partial charge in [0.05, 0.1) is 5.02 Å². The number of nitrogens with zero attached hydrogens (tertiary/aromatic N) is 1. The number of aromatic nitrogens is 1. The lowest BCUT2D eigenvalue weighted by atomic mass is 10.0. The van der Waals surface area contributed by atoms with Crippen molar-refractivity contribution in [2.45, 2.75) is 32.7 Å². The third-order valence-corrected chi connectivity index (χ3v) is 3.81. The Labute approximate surface area is 130 Å². The van der Waals surface area contributed by atoms with E-state index < -0.39 is 0 Å². The van der Waals surface area contributed by atoms with Crippen LogP contribution in [-0.4, -0.2) is 11.5 Å². The van der Waals surface area contributed by atoms with Gasteiger partial charge < -0.3 is 5.32 Å². The Morgan fingerprint density at radius 1 is 1.24 bits per heavy atom. The van der Waals surface area contributed by atoms with Gasteiger partial charge in [-0.25, -0.2) is 4.39 Å². The van der Waals surface area contributed by atoms with E-state index in [2.05, 4.69) is 23.3 Å². The number of aryl methyl sites for hydroxylation is 1. The smallest absolute Gasteiger partial charge is 0.146 e. The highest BCUT2D eigenvalue weighted by Gasteiger charge is 2.17. The number of hydrogen-bond acceptors (Lipinski definition) is 2. The van der Waals surface area contributed by atoms with Gasteiger partial charge >= 0.3 is 0 Å². The molecular formula is C17H20ClFN2. The van der Waals surface area contributed by atoms with E-state index in [1.54, 1.807) is 18.2 Å². The number of halogens is 2. The summed E-state index contributed by atoms with van der Waals surface area (Å²) in [4.78, 5) is 4.45. The molecule has 0 bridgehead atoms. The molecule has 0 aliphatic carbocycles. The largest absolute Gasteiger partial charge is 0.310 e. The van der Waals surface area contributed by atoms with E-state index in [4.69, 9.17) is 11.6 Å². The van der Waals surface area contributed by atoms with Crippen molar-refractivity contribution in [1.82, 2.24) is 10.3 Å². The molecule has 1 aromatic carbocycles. The van der Waals surface area contributed by atoms with Crippen LogP contribution in [0, 0.1) is 5.82 Å². The van der Waals surface area contributed by atoms with Crippen LogP contribution in [0.1, 0.15) is 36.7 Å². The van der Waals surface area contributed by atoms with Crippen molar-refractivity contribution in [2.24, 2.45) is 0 Å². The Morgan fingerprint density at radius 2 is 2.05 bits per heavy atom. The fourth-order valence-electron chi connectivity index (χ4n) is 2.32. The Morgan fingerprint density at radius 3 is 2.67 bits per heavy atom. The average Bonchev–Trinajstić information content (AvgIpc) is 2.50. The third kappa shape index (κ3) is 4.02. The molecule has 0 aliphatic rings. The summed E-state index contributed by atoms with van der Waals surface area (Å²) >= 11 is 5.88. The van der Waals surface area contributed by atoms with Gasteiger partial charge in [-0.3, -0.25) is 4.98 Å². The van der Waals surface area contributed by atoms with Crippen molar-refractivity contribution in [3.05, 3.63) is 64.2 Å².